The van der Waals surface area contributed by atoms with Gasteiger partial charge in [-0.1, -0.05) is 30.1 Å². The molecule has 0 radical (unpaired) electrons. The van der Waals surface area contributed by atoms with Crippen LogP contribution in [0.15, 0.2) is 35.1 Å². The van der Waals surface area contributed by atoms with Crippen LogP contribution in [0.25, 0.3) is 17.1 Å². The standard InChI is InChI=1S/C14H15N7O/c15-14(7-3-4-8-14)13-17-12(22-18-13)10-5-1-2-6-11(10)21-9-16-19-20-21/h1-2,5-6,9H,3-4,7-8,15H2. The van der Waals surface area contributed by atoms with Gasteiger partial charge in [-0.15, -0.1) is 5.10 Å². The summed E-state index contributed by atoms with van der Waals surface area (Å²) in [7, 11) is 0. The maximum absolute atomic E-state index is 6.38. The van der Waals surface area contributed by atoms with Gasteiger partial charge in [0.2, 0.25) is 0 Å². The van der Waals surface area contributed by atoms with Gasteiger partial charge in [-0.25, -0.2) is 0 Å². The van der Waals surface area contributed by atoms with Gasteiger partial charge in [0.15, 0.2) is 5.82 Å². The molecule has 22 heavy (non-hydrogen) atoms. The zero-order valence-corrected chi connectivity index (χ0v) is 11.9. The highest BCUT2D eigenvalue weighted by Gasteiger charge is 2.36. The van der Waals surface area contributed by atoms with Crippen molar-refractivity contribution < 1.29 is 4.52 Å². The van der Waals surface area contributed by atoms with E-state index in [0.717, 1.165) is 36.9 Å². The lowest BCUT2D eigenvalue weighted by molar-refractivity contribution is 0.372. The monoisotopic (exact) mass is 297 g/mol. The third-order valence-corrected chi connectivity index (χ3v) is 4.10. The molecule has 0 amide bonds. The molecule has 0 spiro atoms. The maximum atomic E-state index is 6.38. The summed E-state index contributed by atoms with van der Waals surface area (Å²) in [5, 5.41) is 15.3. The van der Waals surface area contributed by atoms with Crippen molar-refractivity contribution in [1.29, 1.82) is 0 Å². The highest BCUT2D eigenvalue weighted by Crippen LogP contribution is 2.36. The molecule has 2 heterocycles. The van der Waals surface area contributed by atoms with Crippen LogP contribution in [0.3, 0.4) is 0 Å². The van der Waals surface area contributed by atoms with Gasteiger partial charge < -0.3 is 10.3 Å². The van der Waals surface area contributed by atoms with Gasteiger partial charge in [0, 0.05) is 0 Å². The summed E-state index contributed by atoms with van der Waals surface area (Å²) in [5.41, 5.74) is 7.47. The van der Waals surface area contributed by atoms with Crippen LogP contribution < -0.4 is 5.73 Å². The zero-order chi connectivity index (χ0) is 15.0. The number of hydrogen-bond donors (Lipinski definition) is 1. The molecular weight excluding hydrogens is 282 g/mol. The van der Waals surface area contributed by atoms with E-state index in [9.17, 15) is 0 Å². The van der Waals surface area contributed by atoms with Gasteiger partial charge in [0.05, 0.1) is 16.8 Å². The third-order valence-electron chi connectivity index (χ3n) is 4.10. The molecule has 8 nitrogen and oxygen atoms in total. The first-order valence-electron chi connectivity index (χ1n) is 7.22. The van der Waals surface area contributed by atoms with Crippen LogP contribution >= 0.6 is 0 Å². The van der Waals surface area contributed by atoms with Crippen LogP contribution in [-0.4, -0.2) is 30.3 Å². The van der Waals surface area contributed by atoms with E-state index in [2.05, 4.69) is 25.7 Å². The SMILES string of the molecule is NC1(c2noc(-c3ccccc3-n3cnnn3)n2)CCCC1. The van der Waals surface area contributed by atoms with Crippen molar-refractivity contribution in [3.63, 3.8) is 0 Å². The largest absolute Gasteiger partial charge is 0.334 e. The first-order valence-corrected chi connectivity index (χ1v) is 7.22. The summed E-state index contributed by atoms with van der Waals surface area (Å²) in [6.45, 7) is 0. The molecule has 3 aromatic rings. The molecular formula is C14H15N7O. The summed E-state index contributed by atoms with van der Waals surface area (Å²) in [6.07, 6.45) is 5.50. The normalized spacial score (nSPS) is 17.0. The van der Waals surface area contributed by atoms with E-state index in [4.69, 9.17) is 10.3 Å². The van der Waals surface area contributed by atoms with E-state index in [0.29, 0.717) is 11.7 Å². The number of aromatic nitrogens is 6. The topological polar surface area (TPSA) is 109 Å². The number of nitrogens with zero attached hydrogens (tertiary/aromatic N) is 6. The Bertz CT molecular complexity index is 774. The number of hydrogen-bond acceptors (Lipinski definition) is 7. The average Bonchev–Trinajstić information content (AvgIpc) is 3.29. The van der Waals surface area contributed by atoms with Crippen molar-refractivity contribution in [3.8, 4) is 17.1 Å². The van der Waals surface area contributed by atoms with E-state index in [1.165, 1.54) is 6.33 Å². The first kappa shape index (κ1) is 13.1. The Hall–Kier alpha value is -2.61. The molecule has 0 atom stereocenters. The summed E-state index contributed by atoms with van der Waals surface area (Å²) in [4.78, 5) is 4.52. The second-order valence-corrected chi connectivity index (χ2v) is 5.56. The van der Waals surface area contributed by atoms with E-state index in [1.807, 2.05) is 24.3 Å². The second-order valence-electron chi connectivity index (χ2n) is 5.56. The maximum Gasteiger partial charge on any atom is 0.260 e. The number of rotatable bonds is 3. The molecule has 2 N–H and O–H groups in total. The Morgan fingerprint density at radius 3 is 2.77 bits per heavy atom. The van der Waals surface area contributed by atoms with Crippen LogP contribution in [0.2, 0.25) is 0 Å². The smallest absolute Gasteiger partial charge is 0.260 e. The van der Waals surface area contributed by atoms with Crippen LogP contribution in [0.5, 0.6) is 0 Å². The van der Waals surface area contributed by atoms with Crippen molar-refractivity contribution >= 4 is 0 Å². The van der Waals surface area contributed by atoms with E-state index in [-0.39, 0.29) is 0 Å². The Morgan fingerprint density at radius 2 is 2.00 bits per heavy atom. The van der Waals surface area contributed by atoms with Crippen LogP contribution in [0.1, 0.15) is 31.5 Å². The molecule has 1 aromatic carbocycles. The fourth-order valence-electron chi connectivity index (χ4n) is 2.89. The molecule has 0 unspecified atom stereocenters. The first-order chi connectivity index (χ1) is 10.8. The molecule has 2 aromatic heterocycles. The predicted molar refractivity (Wildman–Crippen MR) is 76.8 cm³/mol. The van der Waals surface area contributed by atoms with Gasteiger partial charge in [0.1, 0.15) is 6.33 Å². The summed E-state index contributed by atoms with van der Waals surface area (Å²) < 4.78 is 7.01. The highest BCUT2D eigenvalue weighted by atomic mass is 16.5. The summed E-state index contributed by atoms with van der Waals surface area (Å²) in [5.74, 6) is 1.00. The summed E-state index contributed by atoms with van der Waals surface area (Å²) >= 11 is 0. The van der Waals surface area contributed by atoms with Gasteiger partial charge >= 0.3 is 0 Å². The van der Waals surface area contributed by atoms with Crippen LogP contribution in [0, 0.1) is 0 Å². The number of nitrogens with two attached hydrogens (primary N) is 1. The zero-order valence-electron chi connectivity index (χ0n) is 11.9. The molecule has 0 bridgehead atoms. The molecule has 112 valence electrons. The Kier molecular flexibility index (Phi) is 2.97. The van der Waals surface area contributed by atoms with Crippen molar-refractivity contribution in [2.75, 3.05) is 0 Å². The lowest BCUT2D eigenvalue weighted by Gasteiger charge is -2.17. The van der Waals surface area contributed by atoms with Gasteiger partial charge in [-0.05, 0) is 35.4 Å². The molecule has 1 aliphatic carbocycles. The van der Waals surface area contributed by atoms with E-state index < -0.39 is 5.54 Å². The minimum Gasteiger partial charge on any atom is -0.334 e. The fraction of sp³-hybridized carbons (Fsp3) is 0.357. The molecule has 1 aliphatic rings. The quantitative estimate of drug-likeness (QED) is 0.779. The average molecular weight is 297 g/mol. The Morgan fingerprint density at radius 1 is 1.18 bits per heavy atom. The minimum absolute atomic E-state index is 0.429. The van der Waals surface area contributed by atoms with Crippen LogP contribution in [0.4, 0.5) is 0 Å². The molecule has 8 heteroatoms. The van der Waals surface area contributed by atoms with Gasteiger partial charge in [-0.3, -0.25) is 0 Å². The highest BCUT2D eigenvalue weighted by molar-refractivity contribution is 5.65. The van der Waals surface area contributed by atoms with Crippen LogP contribution in [-0.2, 0) is 5.54 Å². The van der Waals surface area contributed by atoms with Gasteiger partial charge in [0.25, 0.3) is 5.89 Å². The van der Waals surface area contributed by atoms with Crippen molar-refractivity contribution in [1.82, 2.24) is 30.3 Å². The molecule has 1 saturated carbocycles. The second kappa shape index (κ2) is 4.99. The molecule has 1 fully saturated rings. The van der Waals surface area contributed by atoms with Crippen molar-refractivity contribution in [3.05, 3.63) is 36.4 Å². The predicted octanol–water partition coefficient (Wildman–Crippen LogP) is 1.44. The minimum atomic E-state index is -0.467. The van der Waals surface area contributed by atoms with E-state index >= 15 is 0 Å². The fourth-order valence-corrected chi connectivity index (χ4v) is 2.89. The van der Waals surface area contributed by atoms with Gasteiger partial charge in [-0.2, -0.15) is 9.67 Å². The Balaban J connectivity index is 1.76. The van der Waals surface area contributed by atoms with Crippen molar-refractivity contribution in [2.45, 2.75) is 31.2 Å². The number of benzene rings is 1. The third kappa shape index (κ3) is 2.08. The summed E-state index contributed by atoms with van der Waals surface area (Å²) in [6, 6.07) is 7.59. The van der Waals surface area contributed by atoms with E-state index in [1.54, 1.807) is 4.68 Å². The lowest BCUT2D eigenvalue weighted by atomic mass is 9.98. The molecule has 4 rings (SSSR count). The molecule has 0 saturated heterocycles. The molecule has 0 aliphatic heterocycles. The number of tetrazole rings is 1. The number of para-hydroxylation sites is 1. The lowest BCUT2D eigenvalue weighted by Crippen LogP contribution is -2.34. The van der Waals surface area contributed by atoms with Crippen molar-refractivity contribution in [2.24, 2.45) is 5.73 Å². The Labute approximate surface area is 126 Å².